The number of aromatic nitrogens is 2. The average molecular weight is 407 g/mol. The number of methoxy groups -OCH3 is 1. The number of halogens is 3. The highest BCUT2D eigenvalue weighted by molar-refractivity contribution is 9.10. The number of rotatable bonds is 4. The van der Waals surface area contributed by atoms with Gasteiger partial charge in [0.05, 0.1) is 29.4 Å². The van der Waals surface area contributed by atoms with Gasteiger partial charge >= 0.3 is 0 Å². The molecule has 0 fully saturated rings. The first-order valence-corrected chi connectivity index (χ1v) is 8.40. The fourth-order valence-corrected chi connectivity index (χ4v) is 4.09. The van der Waals surface area contributed by atoms with E-state index in [9.17, 15) is 0 Å². The number of fused-ring (bicyclic) bond motifs is 1. The van der Waals surface area contributed by atoms with Crippen molar-refractivity contribution in [3.05, 3.63) is 43.9 Å². The summed E-state index contributed by atoms with van der Waals surface area (Å²) < 4.78 is 8.14. The van der Waals surface area contributed by atoms with Gasteiger partial charge in [0.2, 0.25) is 5.88 Å². The predicted molar refractivity (Wildman–Crippen MR) is 91.1 cm³/mol. The lowest BCUT2D eigenvalue weighted by molar-refractivity contribution is 0.395. The maximum Gasteiger partial charge on any atom is 0.238 e. The summed E-state index contributed by atoms with van der Waals surface area (Å²) >= 11 is 17.3. The van der Waals surface area contributed by atoms with Crippen molar-refractivity contribution in [2.75, 3.05) is 12.4 Å². The zero-order valence-corrected chi connectivity index (χ0v) is 14.8. The summed E-state index contributed by atoms with van der Waals surface area (Å²) in [5, 5.41) is 6.33. The van der Waals surface area contributed by atoms with Crippen molar-refractivity contribution in [2.24, 2.45) is 0 Å². The maximum atomic E-state index is 6.22. The molecule has 3 rings (SSSR count). The van der Waals surface area contributed by atoms with Crippen LogP contribution in [-0.4, -0.2) is 16.5 Å². The highest BCUT2D eigenvalue weighted by Crippen LogP contribution is 2.34. The molecule has 1 N–H and O–H groups in total. The van der Waals surface area contributed by atoms with E-state index in [0.29, 0.717) is 28.2 Å². The standard InChI is InChI=1S/C13H10BrCl2N3OS/c1-20-12-10(19-2-3-21-13(19)18-12)6-17-11-8(15)4-7(14)5-9(11)16/h2-5,17H,6H2,1H3. The number of thiazole rings is 1. The molecule has 1 aromatic carbocycles. The quantitative estimate of drug-likeness (QED) is 0.656. The Bertz CT molecular complexity index is 779. The van der Waals surface area contributed by atoms with E-state index in [-0.39, 0.29) is 0 Å². The molecule has 0 aliphatic carbocycles. The molecule has 0 unspecified atom stereocenters. The third-order valence-electron chi connectivity index (χ3n) is 2.96. The first-order valence-electron chi connectivity index (χ1n) is 5.97. The lowest BCUT2D eigenvalue weighted by Crippen LogP contribution is -2.04. The number of anilines is 1. The van der Waals surface area contributed by atoms with Crippen LogP contribution < -0.4 is 10.1 Å². The van der Waals surface area contributed by atoms with Crippen LogP contribution in [0.2, 0.25) is 10.0 Å². The normalized spacial score (nSPS) is 11.0. The van der Waals surface area contributed by atoms with Crippen molar-refractivity contribution in [1.29, 1.82) is 0 Å². The number of benzene rings is 1. The van der Waals surface area contributed by atoms with Gasteiger partial charge in [-0.15, -0.1) is 11.3 Å². The minimum Gasteiger partial charge on any atom is -0.480 e. The summed E-state index contributed by atoms with van der Waals surface area (Å²) in [6.07, 6.45) is 1.96. The van der Waals surface area contributed by atoms with Crippen molar-refractivity contribution >= 4 is 61.1 Å². The fraction of sp³-hybridized carbons (Fsp3) is 0.154. The first-order chi connectivity index (χ1) is 10.1. The van der Waals surface area contributed by atoms with Crippen LogP contribution in [0.1, 0.15) is 5.69 Å². The van der Waals surface area contributed by atoms with Crippen LogP contribution >= 0.6 is 50.5 Å². The summed E-state index contributed by atoms with van der Waals surface area (Å²) in [6, 6.07) is 3.59. The van der Waals surface area contributed by atoms with Gasteiger partial charge in [0.1, 0.15) is 5.69 Å². The Balaban J connectivity index is 1.91. The second kappa shape index (κ2) is 6.04. The van der Waals surface area contributed by atoms with Crippen LogP contribution in [0, 0.1) is 0 Å². The molecule has 4 nitrogen and oxygen atoms in total. The van der Waals surface area contributed by atoms with Crippen LogP contribution in [0.5, 0.6) is 5.88 Å². The Hall–Kier alpha value is -0.950. The van der Waals surface area contributed by atoms with E-state index in [0.717, 1.165) is 15.1 Å². The summed E-state index contributed by atoms with van der Waals surface area (Å²) in [4.78, 5) is 5.29. The molecule has 110 valence electrons. The Kier molecular flexibility index (Phi) is 4.31. The molecular weight excluding hydrogens is 397 g/mol. The predicted octanol–water partition coefficient (Wildman–Crippen LogP) is 5.09. The van der Waals surface area contributed by atoms with Gasteiger partial charge in [-0.25, -0.2) is 0 Å². The summed E-state index contributed by atoms with van der Waals surface area (Å²) in [6.45, 7) is 0.502. The monoisotopic (exact) mass is 405 g/mol. The van der Waals surface area contributed by atoms with Crippen molar-refractivity contribution in [3.8, 4) is 5.88 Å². The summed E-state index contributed by atoms with van der Waals surface area (Å²) in [7, 11) is 1.61. The van der Waals surface area contributed by atoms with Gasteiger partial charge in [-0.1, -0.05) is 39.1 Å². The molecule has 0 spiro atoms. The van der Waals surface area contributed by atoms with Crippen molar-refractivity contribution in [1.82, 2.24) is 9.38 Å². The number of nitrogens with zero attached hydrogens (tertiary/aromatic N) is 2. The number of nitrogens with one attached hydrogen (secondary N) is 1. The molecule has 0 bridgehead atoms. The maximum absolute atomic E-state index is 6.22. The van der Waals surface area contributed by atoms with Gasteiger partial charge in [-0.05, 0) is 12.1 Å². The Morgan fingerprint density at radius 2 is 2.10 bits per heavy atom. The van der Waals surface area contributed by atoms with Crippen molar-refractivity contribution in [3.63, 3.8) is 0 Å². The molecular formula is C13H10BrCl2N3OS. The van der Waals surface area contributed by atoms with Crippen LogP contribution in [0.25, 0.3) is 4.96 Å². The van der Waals surface area contributed by atoms with E-state index >= 15 is 0 Å². The molecule has 0 amide bonds. The van der Waals surface area contributed by atoms with E-state index < -0.39 is 0 Å². The molecule has 0 aliphatic heterocycles. The largest absolute Gasteiger partial charge is 0.480 e. The Morgan fingerprint density at radius 3 is 2.76 bits per heavy atom. The molecule has 0 radical (unpaired) electrons. The molecule has 2 heterocycles. The van der Waals surface area contributed by atoms with Crippen molar-refractivity contribution < 1.29 is 4.74 Å². The minimum absolute atomic E-state index is 0.502. The lowest BCUT2D eigenvalue weighted by atomic mass is 10.3. The highest BCUT2D eigenvalue weighted by Gasteiger charge is 2.15. The molecule has 2 aromatic heterocycles. The third-order valence-corrected chi connectivity index (χ3v) is 4.77. The summed E-state index contributed by atoms with van der Waals surface area (Å²) in [5.74, 6) is 0.596. The fourth-order valence-electron chi connectivity index (χ4n) is 2.02. The van der Waals surface area contributed by atoms with Crippen LogP contribution in [0.15, 0.2) is 28.2 Å². The van der Waals surface area contributed by atoms with Gasteiger partial charge in [-0.3, -0.25) is 4.40 Å². The third kappa shape index (κ3) is 2.85. The van der Waals surface area contributed by atoms with Gasteiger partial charge in [0.25, 0.3) is 0 Å². The first kappa shape index (κ1) is 15.0. The minimum atomic E-state index is 0.502. The number of hydrogen-bond donors (Lipinski definition) is 1. The van der Waals surface area contributed by atoms with Gasteiger partial charge in [-0.2, -0.15) is 4.98 Å². The molecule has 21 heavy (non-hydrogen) atoms. The van der Waals surface area contributed by atoms with E-state index in [1.165, 1.54) is 0 Å². The number of ether oxygens (including phenoxy) is 1. The molecule has 3 aromatic rings. The highest BCUT2D eigenvalue weighted by atomic mass is 79.9. The Labute approximate surface area is 143 Å². The number of imidazole rings is 1. The van der Waals surface area contributed by atoms with Crippen molar-refractivity contribution in [2.45, 2.75) is 6.54 Å². The smallest absolute Gasteiger partial charge is 0.238 e. The van der Waals surface area contributed by atoms with Crippen LogP contribution in [0.4, 0.5) is 5.69 Å². The van der Waals surface area contributed by atoms with E-state index in [1.54, 1.807) is 30.6 Å². The number of hydrogen-bond acceptors (Lipinski definition) is 4. The zero-order chi connectivity index (χ0) is 15.0. The van der Waals surface area contributed by atoms with Crippen LogP contribution in [0.3, 0.4) is 0 Å². The zero-order valence-electron chi connectivity index (χ0n) is 10.9. The van der Waals surface area contributed by atoms with Gasteiger partial charge in [0.15, 0.2) is 4.96 Å². The van der Waals surface area contributed by atoms with Gasteiger partial charge < -0.3 is 10.1 Å². The lowest BCUT2D eigenvalue weighted by Gasteiger charge is -2.11. The summed E-state index contributed by atoms with van der Waals surface area (Å²) in [5.41, 5.74) is 1.61. The molecule has 0 atom stereocenters. The average Bonchev–Trinajstić information content (AvgIpc) is 2.98. The van der Waals surface area contributed by atoms with Crippen LogP contribution in [-0.2, 0) is 6.54 Å². The Morgan fingerprint density at radius 1 is 1.38 bits per heavy atom. The van der Waals surface area contributed by atoms with E-state index in [4.69, 9.17) is 27.9 Å². The van der Waals surface area contributed by atoms with E-state index in [1.807, 2.05) is 16.0 Å². The topological polar surface area (TPSA) is 38.6 Å². The second-order valence-electron chi connectivity index (χ2n) is 4.22. The molecule has 0 aliphatic rings. The second-order valence-corrected chi connectivity index (χ2v) is 6.82. The van der Waals surface area contributed by atoms with E-state index in [2.05, 4.69) is 26.2 Å². The SMILES string of the molecule is COc1nc2sccn2c1CNc1c(Cl)cc(Br)cc1Cl. The molecule has 0 saturated heterocycles. The van der Waals surface area contributed by atoms with Gasteiger partial charge in [0, 0.05) is 16.0 Å². The molecule has 0 saturated carbocycles. The molecule has 8 heteroatoms.